The van der Waals surface area contributed by atoms with Crippen LogP contribution in [0.5, 0.6) is 0 Å². The summed E-state index contributed by atoms with van der Waals surface area (Å²) >= 11 is 0. The third-order valence-corrected chi connectivity index (χ3v) is 4.39. The number of carbonyl (C=O) groups is 1. The molecule has 1 aromatic carbocycles. The molecule has 0 spiro atoms. The van der Waals surface area contributed by atoms with Gasteiger partial charge in [0.1, 0.15) is 12.4 Å². The van der Waals surface area contributed by atoms with Crippen LogP contribution in [0.1, 0.15) is 31.2 Å². The van der Waals surface area contributed by atoms with Gasteiger partial charge in [0, 0.05) is 18.7 Å². The average molecular weight is 303 g/mol. The summed E-state index contributed by atoms with van der Waals surface area (Å²) in [6.45, 7) is 2.76. The lowest BCUT2D eigenvalue weighted by Crippen LogP contribution is -2.35. The largest absolute Gasteiger partial charge is 0.461 e. The maximum Gasteiger partial charge on any atom is 0.330 e. The first-order chi connectivity index (χ1) is 10.7. The molecule has 1 aromatic rings. The summed E-state index contributed by atoms with van der Waals surface area (Å²) in [4.78, 5) is 14.2. The van der Waals surface area contributed by atoms with Gasteiger partial charge in [-0.25, -0.2) is 9.18 Å². The number of esters is 1. The van der Waals surface area contributed by atoms with E-state index in [2.05, 4.69) is 4.90 Å². The zero-order valence-electron chi connectivity index (χ0n) is 12.7. The van der Waals surface area contributed by atoms with Crippen LogP contribution in [0, 0.1) is 11.7 Å². The number of rotatable bonds is 6. The van der Waals surface area contributed by atoms with Crippen molar-refractivity contribution < 1.29 is 13.9 Å². The van der Waals surface area contributed by atoms with Crippen LogP contribution in [0.15, 0.2) is 30.3 Å². The molecule has 1 aliphatic carbocycles. The van der Waals surface area contributed by atoms with Crippen molar-refractivity contribution in [1.82, 2.24) is 4.90 Å². The predicted octanol–water partition coefficient (Wildman–Crippen LogP) is 3.26. The maximum absolute atomic E-state index is 12.8. The first-order valence-electron chi connectivity index (χ1n) is 8.05. The van der Waals surface area contributed by atoms with Gasteiger partial charge in [-0.15, -0.1) is 0 Å². The molecule has 3 nitrogen and oxygen atoms in total. The van der Waals surface area contributed by atoms with Crippen LogP contribution in [-0.4, -0.2) is 36.6 Å². The third kappa shape index (κ3) is 4.41. The van der Waals surface area contributed by atoms with Gasteiger partial charge in [-0.1, -0.05) is 12.1 Å². The zero-order chi connectivity index (χ0) is 15.4. The summed E-state index contributed by atoms with van der Waals surface area (Å²) in [6, 6.07) is 6.39. The van der Waals surface area contributed by atoms with Gasteiger partial charge >= 0.3 is 5.97 Å². The minimum absolute atomic E-state index is 0.281. The van der Waals surface area contributed by atoms with E-state index in [-0.39, 0.29) is 11.8 Å². The average Bonchev–Trinajstić information content (AvgIpc) is 3.22. The Morgan fingerprint density at radius 1 is 1.27 bits per heavy atom. The highest BCUT2D eigenvalue weighted by molar-refractivity contribution is 5.87. The Labute approximate surface area is 130 Å². The van der Waals surface area contributed by atoms with Crippen molar-refractivity contribution in [1.29, 1.82) is 0 Å². The Balaban J connectivity index is 1.44. The summed E-state index contributed by atoms with van der Waals surface area (Å²) in [5, 5.41) is 0. The number of halogens is 1. The minimum atomic E-state index is -0.331. The van der Waals surface area contributed by atoms with Crippen LogP contribution < -0.4 is 0 Å². The Morgan fingerprint density at radius 2 is 2.05 bits per heavy atom. The molecule has 1 unspecified atom stereocenters. The Hall–Kier alpha value is -1.68. The molecule has 0 aromatic heterocycles. The molecule has 0 amide bonds. The van der Waals surface area contributed by atoms with E-state index in [1.807, 2.05) is 0 Å². The van der Waals surface area contributed by atoms with Gasteiger partial charge in [-0.2, -0.15) is 0 Å². The second-order valence-electron chi connectivity index (χ2n) is 6.25. The second-order valence-corrected chi connectivity index (χ2v) is 6.25. The topological polar surface area (TPSA) is 29.5 Å². The molecule has 2 fully saturated rings. The number of benzene rings is 1. The van der Waals surface area contributed by atoms with Crippen molar-refractivity contribution in [2.45, 2.75) is 31.7 Å². The lowest BCUT2D eigenvalue weighted by atomic mass is 10.2. The number of carbonyl (C=O) groups excluding carboxylic acids is 1. The third-order valence-electron chi connectivity index (χ3n) is 4.39. The van der Waals surface area contributed by atoms with Crippen molar-refractivity contribution in [3.05, 3.63) is 41.7 Å². The molecule has 1 saturated heterocycles. The molecular formula is C18H22FNO2. The quantitative estimate of drug-likeness (QED) is 0.597. The van der Waals surface area contributed by atoms with Gasteiger partial charge in [0.25, 0.3) is 0 Å². The van der Waals surface area contributed by atoms with Gasteiger partial charge < -0.3 is 4.74 Å². The Kier molecular flexibility index (Phi) is 4.88. The van der Waals surface area contributed by atoms with E-state index in [4.69, 9.17) is 4.74 Å². The normalized spacial score (nSPS) is 22.3. The number of hydrogen-bond donors (Lipinski definition) is 0. The molecule has 0 radical (unpaired) electrons. The van der Waals surface area contributed by atoms with Gasteiger partial charge in [0.2, 0.25) is 0 Å². The van der Waals surface area contributed by atoms with Crippen molar-refractivity contribution in [2.24, 2.45) is 5.92 Å². The number of ether oxygens (including phenoxy) is 1. The Bertz CT molecular complexity index is 537. The van der Waals surface area contributed by atoms with E-state index < -0.39 is 0 Å². The van der Waals surface area contributed by atoms with E-state index in [1.54, 1.807) is 18.2 Å². The molecular weight excluding hydrogens is 281 g/mol. The fourth-order valence-electron chi connectivity index (χ4n) is 2.92. The molecule has 118 valence electrons. The molecule has 0 bridgehead atoms. The van der Waals surface area contributed by atoms with Gasteiger partial charge in [-0.3, -0.25) is 4.90 Å². The molecule has 1 saturated carbocycles. The van der Waals surface area contributed by atoms with Crippen molar-refractivity contribution in [2.75, 3.05) is 19.7 Å². The lowest BCUT2D eigenvalue weighted by Gasteiger charge is -2.23. The van der Waals surface area contributed by atoms with Gasteiger partial charge in [-0.05, 0) is 61.9 Å². The summed E-state index contributed by atoms with van der Waals surface area (Å²) in [5.74, 6) is 0.258. The van der Waals surface area contributed by atoms with Crippen molar-refractivity contribution >= 4 is 12.0 Å². The van der Waals surface area contributed by atoms with Crippen LogP contribution >= 0.6 is 0 Å². The molecule has 22 heavy (non-hydrogen) atoms. The van der Waals surface area contributed by atoms with Crippen LogP contribution in [0.25, 0.3) is 6.08 Å². The number of likely N-dealkylation sites (tertiary alicyclic amines) is 1. The summed E-state index contributed by atoms with van der Waals surface area (Å²) < 4.78 is 18.2. The van der Waals surface area contributed by atoms with Crippen molar-refractivity contribution in [3.63, 3.8) is 0 Å². The van der Waals surface area contributed by atoms with Crippen molar-refractivity contribution in [3.8, 4) is 0 Å². The molecule has 3 rings (SSSR count). The molecule has 4 heteroatoms. The fraction of sp³-hybridized carbons (Fsp3) is 0.500. The van der Waals surface area contributed by atoms with E-state index in [1.165, 1.54) is 37.5 Å². The smallest absolute Gasteiger partial charge is 0.330 e. The lowest BCUT2D eigenvalue weighted by molar-refractivity contribution is -0.139. The summed E-state index contributed by atoms with van der Waals surface area (Å²) in [7, 11) is 0. The highest BCUT2D eigenvalue weighted by Crippen LogP contribution is 2.32. The Morgan fingerprint density at radius 3 is 2.77 bits per heavy atom. The van der Waals surface area contributed by atoms with E-state index >= 15 is 0 Å². The molecule has 1 atom stereocenters. The van der Waals surface area contributed by atoms with Crippen LogP contribution in [-0.2, 0) is 9.53 Å². The van der Waals surface area contributed by atoms with E-state index in [9.17, 15) is 9.18 Å². The van der Waals surface area contributed by atoms with E-state index in [0.717, 1.165) is 31.0 Å². The van der Waals surface area contributed by atoms with E-state index in [0.29, 0.717) is 12.6 Å². The SMILES string of the molecule is O=C(/C=C/c1ccc(F)cc1)OCC1CCCN1CC1CC1. The zero-order valence-corrected chi connectivity index (χ0v) is 12.7. The predicted molar refractivity (Wildman–Crippen MR) is 83.7 cm³/mol. The monoisotopic (exact) mass is 303 g/mol. The number of hydrogen-bond acceptors (Lipinski definition) is 3. The van der Waals surface area contributed by atoms with Gasteiger partial charge in [0.15, 0.2) is 0 Å². The van der Waals surface area contributed by atoms with Crippen LogP contribution in [0.3, 0.4) is 0 Å². The first kappa shape index (κ1) is 15.2. The first-order valence-corrected chi connectivity index (χ1v) is 8.05. The van der Waals surface area contributed by atoms with Crippen LogP contribution in [0.4, 0.5) is 4.39 Å². The molecule has 1 aliphatic heterocycles. The highest BCUT2D eigenvalue weighted by Gasteiger charge is 2.31. The molecule has 2 aliphatic rings. The fourth-order valence-corrected chi connectivity index (χ4v) is 2.92. The second kappa shape index (κ2) is 7.05. The minimum Gasteiger partial charge on any atom is -0.461 e. The van der Waals surface area contributed by atoms with Gasteiger partial charge in [0.05, 0.1) is 0 Å². The summed E-state index contributed by atoms with van der Waals surface area (Å²) in [5.41, 5.74) is 0.787. The standard InChI is InChI=1S/C18H22FNO2/c19-16-8-5-14(6-9-16)7-10-18(21)22-13-17-2-1-11-20(17)12-15-3-4-15/h5-10,15,17H,1-4,11-13H2/b10-7+. The van der Waals surface area contributed by atoms with Crippen LogP contribution in [0.2, 0.25) is 0 Å². The molecule has 1 heterocycles. The maximum atomic E-state index is 12.8. The summed E-state index contributed by atoms with van der Waals surface area (Å²) in [6.07, 6.45) is 8.07. The highest BCUT2D eigenvalue weighted by atomic mass is 19.1. The number of nitrogens with zero attached hydrogens (tertiary/aromatic N) is 1. The molecule has 0 N–H and O–H groups in total.